The first kappa shape index (κ1) is 11.7. The molecule has 1 heterocycles. The highest BCUT2D eigenvalue weighted by Gasteiger charge is 2.02. The van der Waals surface area contributed by atoms with Crippen LogP contribution in [0.2, 0.25) is 10.0 Å². The number of aromatic nitrogens is 1. The van der Waals surface area contributed by atoms with E-state index in [1.165, 1.54) is 0 Å². The van der Waals surface area contributed by atoms with Crippen LogP contribution in [0.1, 0.15) is 5.56 Å². The standard InChI is InChI=1S/C6H4BrCl2N.BrH/c7-1-4-5(8)2-10-3-6(4)9;/h2-3H,1H2;1H. The van der Waals surface area contributed by atoms with Crippen LogP contribution in [0.25, 0.3) is 0 Å². The van der Waals surface area contributed by atoms with E-state index in [-0.39, 0.29) is 17.0 Å². The molecule has 0 N–H and O–H groups in total. The lowest BCUT2D eigenvalue weighted by Crippen LogP contribution is -1.83. The molecule has 1 aromatic rings. The zero-order chi connectivity index (χ0) is 7.56. The summed E-state index contributed by atoms with van der Waals surface area (Å²) in [4.78, 5) is 3.81. The monoisotopic (exact) mass is 319 g/mol. The highest BCUT2D eigenvalue weighted by Crippen LogP contribution is 2.24. The Labute approximate surface area is 94.0 Å². The van der Waals surface area contributed by atoms with Gasteiger partial charge in [0.1, 0.15) is 0 Å². The number of nitrogens with zero attached hydrogens (tertiary/aromatic N) is 1. The summed E-state index contributed by atoms with van der Waals surface area (Å²) >= 11 is 14.8. The molecule has 0 aromatic carbocycles. The molecule has 0 saturated heterocycles. The van der Waals surface area contributed by atoms with Gasteiger partial charge in [0.2, 0.25) is 0 Å². The minimum atomic E-state index is 0. The highest BCUT2D eigenvalue weighted by atomic mass is 79.9. The summed E-state index contributed by atoms with van der Waals surface area (Å²) in [5, 5.41) is 1.86. The fraction of sp³-hybridized carbons (Fsp3) is 0.167. The predicted molar refractivity (Wildman–Crippen MR) is 57.2 cm³/mol. The van der Waals surface area contributed by atoms with E-state index >= 15 is 0 Å². The molecule has 0 aliphatic carbocycles. The van der Waals surface area contributed by atoms with Crippen molar-refractivity contribution in [3.8, 4) is 0 Å². The molecule has 0 unspecified atom stereocenters. The number of hydrogen-bond donors (Lipinski definition) is 0. The Bertz CT molecular complexity index is 222. The summed E-state index contributed by atoms with van der Waals surface area (Å²) in [6.45, 7) is 0. The SMILES string of the molecule is Br.Clc1cncc(Cl)c1CBr. The van der Waals surface area contributed by atoms with E-state index in [1.54, 1.807) is 12.4 Å². The molecule has 0 spiro atoms. The van der Waals surface area contributed by atoms with Gasteiger partial charge in [0.05, 0.1) is 10.0 Å². The van der Waals surface area contributed by atoms with Crippen LogP contribution in [0, 0.1) is 0 Å². The van der Waals surface area contributed by atoms with Crippen LogP contribution in [0.4, 0.5) is 0 Å². The predicted octanol–water partition coefficient (Wildman–Crippen LogP) is 3.86. The first-order valence-electron chi connectivity index (χ1n) is 2.59. The van der Waals surface area contributed by atoms with Crippen molar-refractivity contribution in [2.75, 3.05) is 0 Å². The molecule has 0 saturated carbocycles. The third-order valence-corrected chi connectivity index (χ3v) is 2.30. The fourth-order valence-corrected chi connectivity index (χ4v) is 1.99. The normalized spacial score (nSPS) is 9.00. The first-order chi connectivity index (χ1) is 4.75. The van der Waals surface area contributed by atoms with Crippen LogP contribution in [0.5, 0.6) is 0 Å². The summed E-state index contributed by atoms with van der Waals surface area (Å²) < 4.78 is 0. The van der Waals surface area contributed by atoms with Gasteiger partial charge < -0.3 is 0 Å². The number of rotatable bonds is 1. The summed E-state index contributed by atoms with van der Waals surface area (Å²) in [5.74, 6) is 0. The van der Waals surface area contributed by atoms with Gasteiger partial charge >= 0.3 is 0 Å². The molecule has 0 amide bonds. The maximum absolute atomic E-state index is 5.75. The van der Waals surface area contributed by atoms with Crippen LogP contribution in [0.3, 0.4) is 0 Å². The molecule has 0 radical (unpaired) electrons. The molecule has 1 rings (SSSR count). The van der Waals surface area contributed by atoms with E-state index in [4.69, 9.17) is 23.2 Å². The van der Waals surface area contributed by atoms with Crippen LogP contribution >= 0.6 is 56.1 Å². The van der Waals surface area contributed by atoms with Crippen molar-refractivity contribution in [2.24, 2.45) is 0 Å². The van der Waals surface area contributed by atoms with Crippen molar-refractivity contribution in [3.05, 3.63) is 28.0 Å². The van der Waals surface area contributed by atoms with E-state index < -0.39 is 0 Å². The third kappa shape index (κ3) is 2.90. The number of alkyl halides is 1. The van der Waals surface area contributed by atoms with Crippen molar-refractivity contribution in [3.63, 3.8) is 0 Å². The maximum atomic E-state index is 5.75. The van der Waals surface area contributed by atoms with Crippen molar-refractivity contribution in [1.29, 1.82) is 0 Å². The summed E-state index contributed by atoms with van der Waals surface area (Å²) in [6.07, 6.45) is 3.15. The lowest BCUT2D eigenvalue weighted by molar-refractivity contribution is 1.28. The molecule has 5 heteroatoms. The van der Waals surface area contributed by atoms with E-state index in [9.17, 15) is 0 Å². The Balaban J connectivity index is 0.000001000. The third-order valence-electron chi connectivity index (χ3n) is 1.09. The molecular formula is C6H5Br2Cl2N. The summed E-state index contributed by atoms with van der Waals surface area (Å²) in [7, 11) is 0. The number of pyridine rings is 1. The first-order valence-corrected chi connectivity index (χ1v) is 4.47. The van der Waals surface area contributed by atoms with E-state index in [2.05, 4.69) is 20.9 Å². The van der Waals surface area contributed by atoms with Crippen LogP contribution in [-0.2, 0) is 5.33 Å². The second kappa shape index (κ2) is 5.36. The average Bonchev–Trinajstić information content (AvgIpc) is 1.88. The highest BCUT2D eigenvalue weighted by molar-refractivity contribution is 9.08. The summed E-state index contributed by atoms with van der Waals surface area (Å²) in [5.41, 5.74) is 0.887. The Kier molecular flexibility index (Phi) is 5.69. The second-order valence-electron chi connectivity index (χ2n) is 1.72. The van der Waals surface area contributed by atoms with E-state index in [0.717, 1.165) is 5.56 Å². The van der Waals surface area contributed by atoms with E-state index in [0.29, 0.717) is 15.4 Å². The quantitative estimate of drug-likeness (QED) is 0.716. The number of halogens is 4. The Morgan fingerprint density at radius 2 is 1.73 bits per heavy atom. The van der Waals surface area contributed by atoms with Gasteiger partial charge in [-0.2, -0.15) is 0 Å². The Morgan fingerprint density at radius 1 is 1.27 bits per heavy atom. The molecule has 1 nitrogen and oxygen atoms in total. The van der Waals surface area contributed by atoms with Crippen LogP contribution < -0.4 is 0 Å². The molecule has 0 atom stereocenters. The largest absolute Gasteiger partial charge is 0.262 e. The van der Waals surface area contributed by atoms with Crippen molar-refractivity contribution < 1.29 is 0 Å². The molecule has 11 heavy (non-hydrogen) atoms. The van der Waals surface area contributed by atoms with Gasteiger partial charge in [-0.3, -0.25) is 4.98 Å². The Hall–Kier alpha value is 0.690. The van der Waals surface area contributed by atoms with Gasteiger partial charge in [-0.1, -0.05) is 39.1 Å². The van der Waals surface area contributed by atoms with Gasteiger partial charge in [0.25, 0.3) is 0 Å². The topological polar surface area (TPSA) is 12.9 Å². The smallest absolute Gasteiger partial charge is 0.0644 e. The van der Waals surface area contributed by atoms with Crippen LogP contribution in [-0.4, -0.2) is 4.98 Å². The molecule has 1 aromatic heterocycles. The van der Waals surface area contributed by atoms with Gasteiger partial charge in [-0.25, -0.2) is 0 Å². The van der Waals surface area contributed by atoms with Crippen LogP contribution in [0.15, 0.2) is 12.4 Å². The molecular weight excluding hydrogens is 317 g/mol. The van der Waals surface area contributed by atoms with E-state index in [1.807, 2.05) is 0 Å². The Morgan fingerprint density at radius 3 is 2.00 bits per heavy atom. The number of hydrogen-bond acceptors (Lipinski definition) is 1. The van der Waals surface area contributed by atoms with Crippen molar-refractivity contribution >= 4 is 56.1 Å². The maximum Gasteiger partial charge on any atom is 0.0644 e. The van der Waals surface area contributed by atoms with Gasteiger partial charge in [0.15, 0.2) is 0 Å². The van der Waals surface area contributed by atoms with Gasteiger partial charge in [-0.15, -0.1) is 17.0 Å². The van der Waals surface area contributed by atoms with Gasteiger partial charge in [0, 0.05) is 23.3 Å². The lowest BCUT2D eigenvalue weighted by Gasteiger charge is -1.99. The zero-order valence-corrected chi connectivity index (χ0v) is 10.2. The van der Waals surface area contributed by atoms with Gasteiger partial charge in [-0.05, 0) is 0 Å². The van der Waals surface area contributed by atoms with Crippen molar-refractivity contribution in [1.82, 2.24) is 4.98 Å². The molecule has 0 fully saturated rings. The minimum absolute atomic E-state index is 0. The molecule has 0 aliphatic rings. The average molecular weight is 322 g/mol. The minimum Gasteiger partial charge on any atom is -0.262 e. The zero-order valence-electron chi connectivity index (χ0n) is 5.35. The molecule has 0 aliphatic heterocycles. The van der Waals surface area contributed by atoms with Crippen molar-refractivity contribution in [2.45, 2.75) is 5.33 Å². The molecule has 62 valence electrons. The lowest BCUT2D eigenvalue weighted by atomic mass is 10.3. The molecule has 0 bridgehead atoms. The second-order valence-corrected chi connectivity index (χ2v) is 3.09. The summed E-state index contributed by atoms with van der Waals surface area (Å²) in [6, 6.07) is 0. The fourth-order valence-electron chi connectivity index (χ4n) is 0.566.